The van der Waals surface area contributed by atoms with Crippen LogP contribution in [-0.4, -0.2) is 44.2 Å². The van der Waals surface area contributed by atoms with Crippen LogP contribution in [0.1, 0.15) is 5.56 Å². The van der Waals surface area contributed by atoms with Gasteiger partial charge in [-0.05, 0) is 59.9 Å². The van der Waals surface area contributed by atoms with Gasteiger partial charge in [-0.1, -0.05) is 41.9 Å². The van der Waals surface area contributed by atoms with Gasteiger partial charge >= 0.3 is 0 Å². The predicted molar refractivity (Wildman–Crippen MR) is 115 cm³/mol. The first kappa shape index (κ1) is 19.0. The number of tetrazole rings is 1. The van der Waals surface area contributed by atoms with Crippen molar-refractivity contribution in [3.05, 3.63) is 71.4 Å². The van der Waals surface area contributed by atoms with Crippen molar-refractivity contribution in [1.29, 1.82) is 0 Å². The van der Waals surface area contributed by atoms with Gasteiger partial charge in [-0.2, -0.15) is 4.68 Å². The molecule has 4 rings (SSSR count). The molecular weight excluding hydrogens is 386 g/mol. The minimum Gasteiger partial charge on any atom is -0.383 e. The molecule has 0 fully saturated rings. The molecule has 0 atom stereocenters. The summed E-state index contributed by atoms with van der Waals surface area (Å²) in [7, 11) is 4.10. The zero-order valence-corrected chi connectivity index (χ0v) is 16.9. The Morgan fingerprint density at radius 3 is 2.55 bits per heavy atom. The molecule has 0 aliphatic rings. The van der Waals surface area contributed by atoms with Crippen molar-refractivity contribution in [1.82, 2.24) is 30.1 Å². The molecule has 0 saturated heterocycles. The molecule has 8 heteroatoms. The summed E-state index contributed by atoms with van der Waals surface area (Å²) < 4.78 is 1.60. The number of anilines is 1. The maximum Gasteiger partial charge on any atom is 0.190 e. The number of hydrogen-bond acceptors (Lipinski definition) is 6. The molecule has 0 aliphatic heterocycles. The molecule has 146 valence electrons. The third-order valence-corrected chi connectivity index (χ3v) is 4.70. The van der Waals surface area contributed by atoms with Gasteiger partial charge in [0.15, 0.2) is 5.82 Å². The molecular formula is C21H20ClN7. The Morgan fingerprint density at radius 1 is 1.03 bits per heavy atom. The highest BCUT2D eigenvalue weighted by Gasteiger charge is 2.16. The monoisotopic (exact) mass is 405 g/mol. The molecule has 0 amide bonds. The third kappa shape index (κ3) is 4.11. The summed E-state index contributed by atoms with van der Waals surface area (Å²) in [6, 6.07) is 17.6. The second-order valence-corrected chi connectivity index (χ2v) is 7.42. The van der Waals surface area contributed by atoms with Crippen molar-refractivity contribution < 1.29 is 0 Å². The Balaban J connectivity index is 1.73. The Hall–Kier alpha value is -3.29. The van der Waals surface area contributed by atoms with Crippen LogP contribution in [0.15, 0.2) is 60.8 Å². The lowest BCUT2D eigenvalue weighted by Gasteiger charge is -2.11. The number of halogens is 1. The molecule has 0 aliphatic carbocycles. The van der Waals surface area contributed by atoms with Crippen molar-refractivity contribution in [3.8, 4) is 28.2 Å². The summed E-state index contributed by atoms with van der Waals surface area (Å²) in [4.78, 5) is 6.50. The van der Waals surface area contributed by atoms with E-state index >= 15 is 0 Å². The van der Waals surface area contributed by atoms with E-state index in [1.165, 1.54) is 5.56 Å². The molecule has 2 aromatic heterocycles. The number of nitrogens with two attached hydrogens (primary N) is 1. The second kappa shape index (κ2) is 7.98. The number of pyridine rings is 1. The van der Waals surface area contributed by atoms with E-state index in [1.54, 1.807) is 23.0 Å². The summed E-state index contributed by atoms with van der Waals surface area (Å²) in [6.07, 6.45) is 1.76. The summed E-state index contributed by atoms with van der Waals surface area (Å²) in [5.41, 5.74) is 10.8. The van der Waals surface area contributed by atoms with Crippen LogP contribution in [0.5, 0.6) is 0 Å². The Labute approximate surface area is 173 Å². The van der Waals surface area contributed by atoms with Crippen LogP contribution in [0.2, 0.25) is 5.02 Å². The topological polar surface area (TPSA) is 85.8 Å². The highest BCUT2D eigenvalue weighted by molar-refractivity contribution is 6.30. The van der Waals surface area contributed by atoms with Gasteiger partial charge in [-0.15, -0.1) is 5.10 Å². The zero-order valence-electron chi connectivity index (χ0n) is 16.1. The largest absolute Gasteiger partial charge is 0.383 e. The van der Waals surface area contributed by atoms with Gasteiger partial charge in [0.25, 0.3) is 0 Å². The first-order chi connectivity index (χ1) is 14.0. The van der Waals surface area contributed by atoms with E-state index in [0.717, 1.165) is 23.4 Å². The molecule has 4 aromatic rings. The molecule has 7 nitrogen and oxygen atoms in total. The predicted octanol–water partition coefficient (Wildman–Crippen LogP) is 3.69. The minimum atomic E-state index is 0.357. The maximum atomic E-state index is 6.16. The van der Waals surface area contributed by atoms with Crippen LogP contribution in [0.3, 0.4) is 0 Å². The van der Waals surface area contributed by atoms with E-state index in [2.05, 4.69) is 49.7 Å². The van der Waals surface area contributed by atoms with E-state index in [9.17, 15) is 0 Å². The van der Waals surface area contributed by atoms with Crippen LogP contribution >= 0.6 is 11.6 Å². The van der Waals surface area contributed by atoms with Gasteiger partial charge < -0.3 is 10.6 Å². The number of rotatable bonds is 5. The molecule has 29 heavy (non-hydrogen) atoms. The maximum absolute atomic E-state index is 6.16. The summed E-state index contributed by atoms with van der Waals surface area (Å²) >= 11 is 6.12. The average molecular weight is 406 g/mol. The number of nitrogens with zero attached hydrogens (tertiary/aromatic N) is 6. The summed E-state index contributed by atoms with van der Waals surface area (Å²) in [5.74, 6) is 0.861. The molecule has 2 aromatic carbocycles. The Bertz CT molecular complexity index is 1140. The number of aromatic nitrogens is 5. The number of hydrogen-bond donors (Lipinski definition) is 1. The molecule has 0 saturated carbocycles. The smallest absolute Gasteiger partial charge is 0.190 e. The quantitative estimate of drug-likeness (QED) is 0.545. The Kier molecular flexibility index (Phi) is 5.24. The highest BCUT2D eigenvalue weighted by Crippen LogP contribution is 2.29. The van der Waals surface area contributed by atoms with E-state index in [0.29, 0.717) is 22.2 Å². The Morgan fingerprint density at radius 2 is 1.83 bits per heavy atom. The SMILES string of the molecule is CN(C)Cc1ccc(-c2cnc(N)c(-c3nnnn3-c3cccc(Cl)c3)c2)cc1. The van der Waals surface area contributed by atoms with Gasteiger partial charge in [0, 0.05) is 23.3 Å². The standard InChI is InChI=1S/C21H20ClN7/c1-28(2)13-14-6-8-15(9-7-14)16-10-19(20(23)24-12-16)21-25-26-27-29(21)18-5-3-4-17(22)11-18/h3-12H,13H2,1-2H3,(H2,23,24). The van der Waals surface area contributed by atoms with Crippen LogP contribution in [0.4, 0.5) is 5.82 Å². The third-order valence-electron chi connectivity index (χ3n) is 4.47. The normalized spacial score (nSPS) is 11.2. The van der Waals surface area contributed by atoms with Crippen LogP contribution in [0.25, 0.3) is 28.2 Å². The highest BCUT2D eigenvalue weighted by atomic mass is 35.5. The van der Waals surface area contributed by atoms with E-state index in [-0.39, 0.29) is 0 Å². The lowest BCUT2D eigenvalue weighted by Crippen LogP contribution is -2.10. The van der Waals surface area contributed by atoms with Crippen molar-refractivity contribution in [2.24, 2.45) is 0 Å². The van der Waals surface area contributed by atoms with E-state index < -0.39 is 0 Å². The van der Waals surface area contributed by atoms with Gasteiger partial charge in [0.2, 0.25) is 0 Å². The van der Waals surface area contributed by atoms with Crippen molar-refractivity contribution in [2.45, 2.75) is 6.54 Å². The van der Waals surface area contributed by atoms with Crippen molar-refractivity contribution >= 4 is 17.4 Å². The lowest BCUT2D eigenvalue weighted by molar-refractivity contribution is 0.402. The zero-order chi connectivity index (χ0) is 20.4. The minimum absolute atomic E-state index is 0.357. The fraction of sp³-hybridized carbons (Fsp3) is 0.143. The van der Waals surface area contributed by atoms with Gasteiger partial charge in [-0.25, -0.2) is 4.98 Å². The molecule has 2 heterocycles. The van der Waals surface area contributed by atoms with Crippen molar-refractivity contribution in [3.63, 3.8) is 0 Å². The van der Waals surface area contributed by atoms with Gasteiger partial charge in [-0.3, -0.25) is 0 Å². The summed E-state index contributed by atoms with van der Waals surface area (Å²) in [5, 5.41) is 12.7. The fourth-order valence-electron chi connectivity index (χ4n) is 3.12. The lowest BCUT2D eigenvalue weighted by atomic mass is 10.0. The fourth-order valence-corrected chi connectivity index (χ4v) is 3.30. The number of benzene rings is 2. The summed E-state index contributed by atoms with van der Waals surface area (Å²) in [6.45, 7) is 0.889. The molecule has 0 unspecified atom stereocenters. The molecule has 0 radical (unpaired) electrons. The molecule has 0 spiro atoms. The van der Waals surface area contributed by atoms with Crippen molar-refractivity contribution in [2.75, 3.05) is 19.8 Å². The van der Waals surface area contributed by atoms with E-state index in [1.807, 2.05) is 32.3 Å². The number of nitrogen functional groups attached to an aromatic ring is 1. The van der Waals surface area contributed by atoms with Gasteiger partial charge in [0.1, 0.15) is 5.82 Å². The van der Waals surface area contributed by atoms with Crippen LogP contribution < -0.4 is 5.73 Å². The second-order valence-electron chi connectivity index (χ2n) is 6.99. The first-order valence-electron chi connectivity index (χ1n) is 9.05. The average Bonchev–Trinajstić information content (AvgIpc) is 3.18. The first-order valence-corrected chi connectivity index (χ1v) is 9.43. The van der Waals surface area contributed by atoms with Crippen LogP contribution in [-0.2, 0) is 6.54 Å². The molecule has 0 bridgehead atoms. The van der Waals surface area contributed by atoms with Crippen LogP contribution in [0, 0.1) is 0 Å². The van der Waals surface area contributed by atoms with Gasteiger partial charge in [0.05, 0.1) is 11.3 Å². The van der Waals surface area contributed by atoms with E-state index in [4.69, 9.17) is 17.3 Å². The molecule has 2 N–H and O–H groups in total.